The van der Waals surface area contributed by atoms with Crippen molar-refractivity contribution in [2.24, 2.45) is 0 Å². The van der Waals surface area contributed by atoms with E-state index in [0.717, 1.165) is 6.07 Å². The summed E-state index contributed by atoms with van der Waals surface area (Å²) in [5.74, 6) is -0.136. The van der Waals surface area contributed by atoms with Gasteiger partial charge in [0.2, 0.25) is 5.52 Å². The number of nitrogens with zero attached hydrogens (tertiary/aromatic N) is 3. The number of hydrogen-bond donors (Lipinski definition) is 2. The fourth-order valence-corrected chi connectivity index (χ4v) is 2.25. The fourth-order valence-electron chi connectivity index (χ4n) is 1.98. The van der Waals surface area contributed by atoms with Crippen LogP contribution in [0.25, 0.3) is 11.0 Å². The van der Waals surface area contributed by atoms with Gasteiger partial charge in [0.15, 0.2) is 5.69 Å². The Balaban J connectivity index is 2.28. The second-order valence-electron chi connectivity index (χ2n) is 4.28. The molecule has 9 nitrogen and oxygen atoms in total. The molecular weight excluding hydrogens is 316 g/mol. The van der Waals surface area contributed by atoms with E-state index in [1.165, 1.54) is 12.1 Å². The first kappa shape index (κ1) is 13.9. The van der Waals surface area contributed by atoms with Crippen LogP contribution in [0, 0.1) is 15.3 Å². The molecular formula is C12H7ClN4O5. The molecule has 0 radical (unpaired) electrons. The summed E-state index contributed by atoms with van der Waals surface area (Å²) >= 11 is 5.87. The summed E-state index contributed by atoms with van der Waals surface area (Å²) in [6.07, 6.45) is 0. The highest BCUT2D eigenvalue weighted by Gasteiger charge is 2.29. The normalized spacial score (nSPS) is 10.8. The average Bonchev–Trinajstić information content (AvgIpc) is 2.82. The number of aromatic hydroxyl groups is 1. The first-order chi connectivity index (χ1) is 10.5. The molecule has 1 heterocycles. The number of nitro benzene ring substituents is 1. The Kier molecular flexibility index (Phi) is 3.18. The first-order valence-electron chi connectivity index (χ1n) is 5.90. The number of nitrogens with one attached hydrogen (secondary N) is 1. The largest absolute Gasteiger partial charge is 0.506 e. The summed E-state index contributed by atoms with van der Waals surface area (Å²) in [6.45, 7) is 0. The number of rotatable bonds is 3. The van der Waals surface area contributed by atoms with Crippen LogP contribution in [0.15, 0.2) is 35.0 Å². The van der Waals surface area contributed by atoms with Crippen molar-refractivity contribution >= 4 is 39.7 Å². The lowest BCUT2D eigenvalue weighted by atomic mass is 10.2. The Morgan fingerprint density at radius 2 is 2.14 bits per heavy atom. The van der Waals surface area contributed by atoms with Crippen molar-refractivity contribution in [2.75, 3.05) is 5.32 Å². The van der Waals surface area contributed by atoms with Gasteiger partial charge in [-0.3, -0.25) is 14.7 Å². The molecule has 2 aromatic carbocycles. The van der Waals surface area contributed by atoms with Gasteiger partial charge in [-0.05, 0) is 17.0 Å². The zero-order valence-electron chi connectivity index (χ0n) is 10.7. The average molecular weight is 323 g/mol. The Morgan fingerprint density at radius 1 is 1.41 bits per heavy atom. The van der Waals surface area contributed by atoms with Crippen LogP contribution < -0.4 is 10.2 Å². The van der Waals surface area contributed by atoms with Crippen LogP contribution in [-0.2, 0) is 0 Å². The SMILES string of the molecule is O=[N+]([O-])c1c(Cl)cc2c(no[n+]2[O-])c1Nc1ccccc1O. The van der Waals surface area contributed by atoms with Crippen LogP contribution in [0.5, 0.6) is 5.75 Å². The summed E-state index contributed by atoms with van der Waals surface area (Å²) in [6, 6.07) is 7.19. The Labute approximate surface area is 127 Å². The molecule has 10 heteroatoms. The molecule has 0 fully saturated rings. The van der Waals surface area contributed by atoms with Crippen molar-refractivity contribution in [3.8, 4) is 5.75 Å². The molecule has 0 spiro atoms. The number of anilines is 2. The molecule has 0 saturated heterocycles. The van der Waals surface area contributed by atoms with E-state index >= 15 is 0 Å². The zero-order chi connectivity index (χ0) is 15.9. The quantitative estimate of drug-likeness (QED) is 0.328. The van der Waals surface area contributed by atoms with Gasteiger partial charge in [0.05, 0.1) is 10.6 Å². The number of fused-ring (bicyclic) bond motifs is 1. The van der Waals surface area contributed by atoms with Gasteiger partial charge in [0, 0.05) is 11.2 Å². The lowest BCUT2D eigenvalue weighted by molar-refractivity contribution is -0.782. The van der Waals surface area contributed by atoms with Crippen molar-refractivity contribution in [1.29, 1.82) is 0 Å². The van der Waals surface area contributed by atoms with E-state index in [-0.39, 0.29) is 38.1 Å². The second-order valence-corrected chi connectivity index (χ2v) is 4.69. The number of para-hydroxylation sites is 2. The molecule has 2 N–H and O–H groups in total. The lowest BCUT2D eigenvalue weighted by Gasteiger charge is -2.08. The van der Waals surface area contributed by atoms with Crippen LogP contribution >= 0.6 is 11.6 Å². The van der Waals surface area contributed by atoms with Crippen LogP contribution in [0.3, 0.4) is 0 Å². The van der Waals surface area contributed by atoms with E-state index in [1.54, 1.807) is 12.1 Å². The fraction of sp³-hybridized carbons (Fsp3) is 0. The van der Waals surface area contributed by atoms with Crippen molar-refractivity contribution in [3.05, 3.63) is 50.7 Å². The summed E-state index contributed by atoms with van der Waals surface area (Å²) in [5, 5.41) is 38.4. The minimum absolute atomic E-state index is 0.0747. The molecule has 0 aliphatic carbocycles. The highest BCUT2D eigenvalue weighted by atomic mass is 35.5. The predicted molar refractivity (Wildman–Crippen MR) is 76.0 cm³/mol. The van der Waals surface area contributed by atoms with Crippen molar-refractivity contribution in [1.82, 2.24) is 5.16 Å². The topological polar surface area (TPSA) is 128 Å². The molecule has 3 rings (SSSR count). The number of benzene rings is 2. The maximum Gasteiger partial charge on any atom is 0.316 e. The second kappa shape index (κ2) is 5.04. The maximum absolute atomic E-state index is 11.5. The van der Waals surface area contributed by atoms with E-state index in [2.05, 4.69) is 15.1 Å². The van der Waals surface area contributed by atoms with Crippen molar-refractivity contribution in [3.63, 3.8) is 0 Å². The number of phenolic OH excluding ortho intramolecular Hbond substituents is 1. The molecule has 112 valence electrons. The van der Waals surface area contributed by atoms with Gasteiger partial charge in [-0.25, -0.2) is 0 Å². The molecule has 0 saturated carbocycles. The minimum Gasteiger partial charge on any atom is -0.506 e. The van der Waals surface area contributed by atoms with E-state index < -0.39 is 10.6 Å². The Hall–Kier alpha value is -3.07. The number of halogens is 1. The van der Waals surface area contributed by atoms with Gasteiger partial charge < -0.3 is 15.6 Å². The van der Waals surface area contributed by atoms with Crippen molar-refractivity contribution < 1.29 is 19.6 Å². The smallest absolute Gasteiger partial charge is 0.316 e. The monoisotopic (exact) mass is 322 g/mol. The molecule has 0 bridgehead atoms. The number of aromatic nitrogens is 2. The van der Waals surface area contributed by atoms with Gasteiger partial charge in [-0.1, -0.05) is 23.7 Å². The summed E-state index contributed by atoms with van der Waals surface area (Å²) in [4.78, 5) is 10.6. The third-order valence-electron chi connectivity index (χ3n) is 2.96. The van der Waals surface area contributed by atoms with Crippen molar-refractivity contribution in [2.45, 2.75) is 0 Å². The molecule has 0 atom stereocenters. The van der Waals surface area contributed by atoms with E-state index in [9.17, 15) is 20.4 Å². The van der Waals surface area contributed by atoms with E-state index in [1.807, 2.05) is 0 Å². The predicted octanol–water partition coefficient (Wildman–Crippen LogP) is 2.47. The van der Waals surface area contributed by atoms with E-state index in [4.69, 9.17) is 11.6 Å². The first-order valence-corrected chi connectivity index (χ1v) is 6.28. The highest BCUT2D eigenvalue weighted by molar-refractivity contribution is 6.34. The molecule has 0 unspecified atom stereocenters. The van der Waals surface area contributed by atoms with Gasteiger partial charge in [0.1, 0.15) is 10.8 Å². The van der Waals surface area contributed by atoms with Gasteiger partial charge in [0.25, 0.3) is 5.52 Å². The lowest BCUT2D eigenvalue weighted by Crippen LogP contribution is -2.22. The van der Waals surface area contributed by atoms with Crippen LogP contribution in [0.1, 0.15) is 0 Å². The number of phenols is 1. The van der Waals surface area contributed by atoms with Gasteiger partial charge in [-0.2, -0.15) is 0 Å². The molecule has 0 aliphatic rings. The maximum atomic E-state index is 11.5. The Morgan fingerprint density at radius 3 is 2.82 bits per heavy atom. The Bertz CT molecular complexity index is 895. The van der Waals surface area contributed by atoms with Gasteiger partial charge in [-0.15, -0.1) is 0 Å². The summed E-state index contributed by atoms with van der Waals surface area (Å²) in [5.41, 5.74) is -0.587. The summed E-state index contributed by atoms with van der Waals surface area (Å²) < 4.78 is 4.44. The van der Waals surface area contributed by atoms with Crippen LogP contribution in [0.4, 0.5) is 17.1 Å². The van der Waals surface area contributed by atoms with Crippen LogP contribution in [0.2, 0.25) is 5.02 Å². The third kappa shape index (κ3) is 2.13. The minimum atomic E-state index is -0.714. The molecule has 3 aromatic rings. The van der Waals surface area contributed by atoms with Crippen LogP contribution in [-0.4, -0.2) is 15.2 Å². The number of hydrogen-bond acceptors (Lipinski definition) is 7. The highest BCUT2D eigenvalue weighted by Crippen LogP contribution is 2.40. The standard InChI is InChI=1S/C12H7ClN4O5/c13-6-5-8-10(15-22-17(8)21)11(12(6)16(19)20)14-7-3-1-2-4-9(7)18/h1-5,14,18H. The third-order valence-corrected chi connectivity index (χ3v) is 3.24. The molecule has 0 aliphatic heterocycles. The molecule has 22 heavy (non-hydrogen) atoms. The number of nitro groups is 1. The molecule has 0 amide bonds. The zero-order valence-corrected chi connectivity index (χ0v) is 11.4. The van der Waals surface area contributed by atoms with Gasteiger partial charge >= 0.3 is 5.69 Å². The molecule has 1 aromatic heterocycles. The van der Waals surface area contributed by atoms with E-state index in [0.29, 0.717) is 0 Å². The summed E-state index contributed by atoms with van der Waals surface area (Å²) in [7, 11) is 0.